The first kappa shape index (κ1) is 17.5. The van der Waals surface area contributed by atoms with Gasteiger partial charge in [0.05, 0.1) is 5.41 Å². The lowest BCUT2D eigenvalue weighted by molar-refractivity contribution is -0.125. The van der Waals surface area contributed by atoms with Gasteiger partial charge in [0.1, 0.15) is 5.69 Å². The van der Waals surface area contributed by atoms with Crippen LogP contribution < -0.4 is 16.4 Å². The van der Waals surface area contributed by atoms with Crippen LogP contribution in [0.3, 0.4) is 0 Å². The predicted molar refractivity (Wildman–Crippen MR) is 93.3 cm³/mol. The summed E-state index contributed by atoms with van der Waals surface area (Å²) >= 11 is 0. The Morgan fingerprint density at radius 3 is 2.54 bits per heavy atom. The highest BCUT2D eigenvalue weighted by Crippen LogP contribution is 2.16. The number of rotatable bonds is 7. The summed E-state index contributed by atoms with van der Waals surface area (Å²) in [5.41, 5.74) is 6.71. The molecule has 0 saturated carbocycles. The van der Waals surface area contributed by atoms with Gasteiger partial charge in [-0.15, -0.1) is 0 Å². The molecule has 6 heteroatoms. The van der Waals surface area contributed by atoms with Gasteiger partial charge in [-0.05, 0) is 31.5 Å². The molecule has 0 spiro atoms. The van der Waals surface area contributed by atoms with E-state index in [9.17, 15) is 9.59 Å². The number of nitrogens with zero attached hydrogens (tertiary/aromatic N) is 1. The Bertz CT molecular complexity index is 714. The Morgan fingerprint density at radius 2 is 1.88 bits per heavy atom. The zero-order valence-electron chi connectivity index (χ0n) is 13.9. The van der Waals surface area contributed by atoms with E-state index < -0.39 is 5.41 Å². The summed E-state index contributed by atoms with van der Waals surface area (Å²) in [6.45, 7) is 4.33. The number of carbonyl (C=O) groups excluding carboxylic acids is 2. The van der Waals surface area contributed by atoms with E-state index in [4.69, 9.17) is 5.73 Å². The van der Waals surface area contributed by atoms with Gasteiger partial charge in [-0.25, -0.2) is 0 Å². The molecule has 24 heavy (non-hydrogen) atoms. The van der Waals surface area contributed by atoms with Gasteiger partial charge in [0.15, 0.2) is 0 Å². The van der Waals surface area contributed by atoms with Crippen molar-refractivity contribution in [1.82, 2.24) is 10.3 Å². The molecule has 0 aliphatic rings. The number of carbonyl (C=O) groups is 2. The van der Waals surface area contributed by atoms with Gasteiger partial charge in [-0.3, -0.25) is 14.6 Å². The van der Waals surface area contributed by atoms with Gasteiger partial charge in [0.25, 0.3) is 5.91 Å². The van der Waals surface area contributed by atoms with Crippen LogP contribution in [0.15, 0.2) is 48.7 Å². The Kier molecular flexibility index (Phi) is 5.52. The van der Waals surface area contributed by atoms with Crippen molar-refractivity contribution in [2.75, 3.05) is 11.9 Å². The smallest absolute Gasteiger partial charge is 0.270 e. The SMILES string of the molecule is CC(C)(CNc1ccnc(C(=O)NCc2ccccc2)c1)C(N)=O. The van der Waals surface area contributed by atoms with E-state index in [1.807, 2.05) is 30.3 Å². The van der Waals surface area contributed by atoms with E-state index >= 15 is 0 Å². The first-order valence-corrected chi connectivity index (χ1v) is 7.70. The van der Waals surface area contributed by atoms with Crippen LogP contribution in [0, 0.1) is 5.41 Å². The molecule has 0 saturated heterocycles. The topological polar surface area (TPSA) is 97.1 Å². The van der Waals surface area contributed by atoms with E-state index in [1.54, 1.807) is 32.2 Å². The van der Waals surface area contributed by atoms with E-state index in [2.05, 4.69) is 15.6 Å². The normalized spacial score (nSPS) is 10.9. The Balaban J connectivity index is 1.96. The number of benzene rings is 1. The minimum Gasteiger partial charge on any atom is -0.384 e. The highest BCUT2D eigenvalue weighted by atomic mass is 16.2. The van der Waals surface area contributed by atoms with Crippen molar-refractivity contribution in [3.63, 3.8) is 0 Å². The first-order chi connectivity index (χ1) is 11.4. The van der Waals surface area contributed by atoms with Gasteiger partial charge >= 0.3 is 0 Å². The van der Waals surface area contributed by atoms with Crippen molar-refractivity contribution in [3.05, 3.63) is 59.9 Å². The Morgan fingerprint density at radius 1 is 1.17 bits per heavy atom. The molecule has 1 aromatic heterocycles. The minimum atomic E-state index is -0.682. The molecule has 2 aromatic rings. The number of anilines is 1. The molecule has 2 rings (SSSR count). The fourth-order valence-corrected chi connectivity index (χ4v) is 1.94. The maximum absolute atomic E-state index is 12.2. The van der Waals surface area contributed by atoms with Gasteiger partial charge < -0.3 is 16.4 Å². The van der Waals surface area contributed by atoms with Gasteiger partial charge in [0.2, 0.25) is 5.91 Å². The number of primary amides is 1. The fraction of sp³-hybridized carbons (Fsp3) is 0.278. The number of aromatic nitrogens is 1. The van der Waals surface area contributed by atoms with Gasteiger partial charge in [-0.1, -0.05) is 30.3 Å². The summed E-state index contributed by atoms with van der Waals surface area (Å²) in [6.07, 6.45) is 1.55. The fourth-order valence-electron chi connectivity index (χ4n) is 1.94. The predicted octanol–water partition coefficient (Wildman–Crippen LogP) is 1.94. The molecule has 1 aromatic carbocycles. The summed E-state index contributed by atoms with van der Waals surface area (Å²) in [4.78, 5) is 27.6. The number of amides is 2. The van der Waals surface area contributed by atoms with E-state index in [-0.39, 0.29) is 11.8 Å². The van der Waals surface area contributed by atoms with Crippen molar-refractivity contribution in [2.45, 2.75) is 20.4 Å². The van der Waals surface area contributed by atoms with Crippen molar-refractivity contribution >= 4 is 17.5 Å². The molecule has 0 aliphatic heterocycles. The lowest BCUT2D eigenvalue weighted by Crippen LogP contribution is -2.37. The number of nitrogens with two attached hydrogens (primary N) is 1. The molecule has 1 heterocycles. The molecule has 0 atom stereocenters. The highest BCUT2D eigenvalue weighted by Gasteiger charge is 2.24. The zero-order valence-corrected chi connectivity index (χ0v) is 13.9. The number of pyridine rings is 1. The lowest BCUT2D eigenvalue weighted by atomic mass is 9.93. The van der Waals surface area contributed by atoms with E-state index in [0.29, 0.717) is 24.5 Å². The number of hydrogen-bond donors (Lipinski definition) is 3. The quantitative estimate of drug-likeness (QED) is 0.724. The number of hydrogen-bond acceptors (Lipinski definition) is 4. The van der Waals surface area contributed by atoms with Crippen molar-refractivity contribution < 1.29 is 9.59 Å². The summed E-state index contributed by atoms with van der Waals surface area (Å²) in [5, 5.41) is 5.94. The second-order valence-corrected chi connectivity index (χ2v) is 6.20. The molecule has 0 radical (unpaired) electrons. The second kappa shape index (κ2) is 7.59. The van der Waals surface area contributed by atoms with Gasteiger partial charge in [0, 0.05) is 25.0 Å². The molecule has 0 fully saturated rings. The van der Waals surface area contributed by atoms with Crippen molar-refractivity contribution in [3.8, 4) is 0 Å². The number of nitrogens with one attached hydrogen (secondary N) is 2. The van der Waals surface area contributed by atoms with E-state index in [0.717, 1.165) is 5.56 Å². The second-order valence-electron chi connectivity index (χ2n) is 6.20. The maximum atomic E-state index is 12.2. The molecule has 2 amide bonds. The van der Waals surface area contributed by atoms with Crippen LogP contribution in [-0.2, 0) is 11.3 Å². The summed E-state index contributed by atoms with van der Waals surface area (Å²) in [6, 6.07) is 13.0. The molecule has 6 nitrogen and oxygen atoms in total. The van der Waals surface area contributed by atoms with Crippen LogP contribution in [0.2, 0.25) is 0 Å². The summed E-state index contributed by atoms with van der Waals surface area (Å²) < 4.78 is 0. The lowest BCUT2D eigenvalue weighted by Gasteiger charge is -2.21. The van der Waals surface area contributed by atoms with Crippen LogP contribution in [-0.4, -0.2) is 23.3 Å². The Labute approximate surface area is 141 Å². The molecule has 0 aliphatic carbocycles. The summed E-state index contributed by atoms with van der Waals surface area (Å²) in [7, 11) is 0. The van der Waals surface area contributed by atoms with Crippen molar-refractivity contribution in [1.29, 1.82) is 0 Å². The van der Waals surface area contributed by atoms with Crippen LogP contribution in [0.25, 0.3) is 0 Å². The highest BCUT2D eigenvalue weighted by molar-refractivity contribution is 5.93. The van der Waals surface area contributed by atoms with Gasteiger partial charge in [-0.2, -0.15) is 0 Å². The van der Waals surface area contributed by atoms with E-state index in [1.165, 1.54) is 0 Å². The standard InChI is InChI=1S/C18H22N4O2/c1-18(2,17(19)24)12-22-14-8-9-20-15(10-14)16(23)21-11-13-6-4-3-5-7-13/h3-10H,11-12H2,1-2H3,(H2,19,24)(H,20,22)(H,21,23). The zero-order chi connectivity index (χ0) is 17.6. The third-order valence-electron chi connectivity index (χ3n) is 3.69. The molecular weight excluding hydrogens is 304 g/mol. The monoisotopic (exact) mass is 326 g/mol. The largest absolute Gasteiger partial charge is 0.384 e. The molecule has 0 bridgehead atoms. The average Bonchev–Trinajstić information content (AvgIpc) is 2.59. The molecule has 4 N–H and O–H groups in total. The third kappa shape index (κ3) is 4.81. The first-order valence-electron chi connectivity index (χ1n) is 7.70. The summed E-state index contributed by atoms with van der Waals surface area (Å²) in [5.74, 6) is -0.637. The van der Waals surface area contributed by atoms with Crippen LogP contribution in [0.5, 0.6) is 0 Å². The molecular formula is C18H22N4O2. The van der Waals surface area contributed by atoms with Crippen LogP contribution in [0.4, 0.5) is 5.69 Å². The molecule has 126 valence electrons. The third-order valence-corrected chi connectivity index (χ3v) is 3.69. The van der Waals surface area contributed by atoms with Crippen molar-refractivity contribution in [2.24, 2.45) is 11.1 Å². The Hall–Kier alpha value is -2.89. The average molecular weight is 326 g/mol. The molecule has 0 unspecified atom stereocenters. The van der Waals surface area contributed by atoms with Crippen LogP contribution in [0.1, 0.15) is 29.9 Å². The minimum absolute atomic E-state index is 0.253. The maximum Gasteiger partial charge on any atom is 0.270 e. The van der Waals surface area contributed by atoms with Crippen LogP contribution >= 0.6 is 0 Å².